The average molecular weight is 340 g/mol. The molecule has 0 bridgehead atoms. The molecule has 0 unspecified atom stereocenters. The van der Waals surface area contributed by atoms with Crippen molar-refractivity contribution in [1.29, 1.82) is 0 Å². The minimum absolute atomic E-state index is 1.20. The minimum atomic E-state index is 1.20. The van der Waals surface area contributed by atoms with Crippen LogP contribution in [0.25, 0.3) is 0 Å². The van der Waals surface area contributed by atoms with Gasteiger partial charge in [0, 0.05) is 0 Å². The first-order valence-electron chi connectivity index (χ1n) is 10.3. The zero-order chi connectivity index (χ0) is 18.3. The highest BCUT2D eigenvalue weighted by Gasteiger charge is 1.92. The Bertz CT molecular complexity index is 404. The summed E-state index contributed by atoms with van der Waals surface area (Å²) in [4.78, 5) is 0. The number of rotatable bonds is 17. The number of unbranched alkanes of at least 4 members (excludes halogenated alkanes) is 11. The van der Waals surface area contributed by atoms with Crippen LogP contribution < -0.4 is 0 Å². The van der Waals surface area contributed by atoms with Gasteiger partial charge in [0.25, 0.3) is 0 Å². The summed E-state index contributed by atoms with van der Waals surface area (Å²) in [6, 6.07) is 0. The van der Waals surface area contributed by atoms with E-state index in [9.17, 15) is 0 Å². The number of hydrogen-bond donors (Lipinski definition) is 0. The highest BCUT2D eigenvalue weighted by atomic mass is 14.0. The van der Waals surface area contributed by atoms with Crippen molar-refractivity contribution in [2.24, 2.45) is 0 Å². The molecule has 0 rings (SSSR count). The van der Waals surface area contributed by atoms with E-state index < -0.39 is 0 Å². The molecule has 0 aliphatic rings. The molecular weight excluding hydrogens is 300 g/mol. The molecule has 0 spiro atoms. The zero-order valence-electron chi connectivity index (χ0n) is 16.4. The summed E-state index contributed by atoms with van der Waals surface area (Å²) in [6.45, 7) is 7.51. The Morgan fingerprint density at radius 2 is 0.880 bits per heavy atom. The molecule has 0 atom stereocenters. The molecule has 0 N–H and O–H groups in total. The molecule has 0 aliphatic carbocycles. The summed E-state index contributed by atoms with van der Waals surface area (Å²) in [6.07, 6.45) is 38.5. The second kappa shape index (κ2) is 22.4. The predicted octanol–water partition coefficient (Wildman–Crippen LogP) is 8.46. The predicted molar refractivity (Wildman–Crippen MR) is 116 cm³/mol. The summed E-state index contributed by atoms with van der Waals surface area (Å²) in [5, 5.41) is 0. The van der Waals surface area contributed by atoms with Gasteiger partial charge in [-0.3, -0.25) is 0 Å². The van der Waals surface area contributed by atoms with Gasteiger partial charge in [0.05, 0.1) is 0 Å². The lowest BCUT2D eigenvalue weighted by atomic mass is 10.1. The van der Waals surface area contributed by atoms with Crippen molar-refractivity contribution in [2.75, 3.05) is 0 Å². The van der Waals surface area contributed by atoms with Gasteiger partial charge in [-0.15, -0.1) is 0 Å². The maximum Gasteiger partial charge on any atom is -0.0348 e. The molecule has 0 aromatic carbocycles. The maximum atomic E-state index is 5.23. The fraction of sp³-hybridized carbons (Fsp3) is 0.520. The van der Waals surface area contributed by atoms with Gasteiger partial charge in [-0.25, -0.2) is 0 Å². The van der Waals surface area contributed by atoms with Gasteiger partial charge in [0.1, 0.15) is 0 Å². The Labute approximate surface area is 157 Å². The molecule has 1 radical (unpaired) electrons. The largest absolute Gasteiger partial charge is 0.0845 e. The summed E-state index contributed by atoms with van der Waals surface area (Å²) < 4.78 is 0. The Morgan fingerprint density at radius 3 is 1.36 bits per heavy atom. The first-order valence-corrected chi connectivity index (χ1v) is 10.3. The van der Waals surface area contributed by atoms with Crippen LogP contribution in [0.15, 0.2) is 66.8 Å². The van der Waals surface area contributed by atoms with Crippen molar-refractivity contribution >= 4 is 0 Å². The van der Waals surface area contributed by atoms with E-state index >= 15 is 0 Å². The van der Waals surface area contributed by atoms with Crippen molar-refractivity contribution in [3.05, 3.63) is 73.4 Å². The average Bonchev–Trinajstić information content (AvgIpc) is 2.63. The van der Waals surface area contributed by atoms with Crippen LogP contribution in [-0.4, -0.2) is 0 Å². The first-order chi connectivity index (χ1) is 12.4. The van der Waals surface area contributed by atoms with E-state index in [1.165, 1.54) is 83.1 Å². The molecule has 25 heavy (non-hydrogen) atoms. The topological polar surface area (TPSA) is 0 Å². The van der Waals surface area contributed by atoms with Crippen LogP contribution >= 0.6 is 0 Å². The highest BCUT2D eigenvalue weighted by molar-refractivity contribution is 5.18. The second-order valence-electron chi connectivity index (χ2n) is 6.48. The van der Waals surface area contributed by atoms with E-state index in [0.717, 1.165) is 0 Å². The highest BCUT2D eigenvalue weighted by Crippen LogP contribution is 2.11. The molecule has 0 fully saturated rings. The van der Waals surface area contributed by atoms with Crippen LogP contribution in [-0.2, 0) is 0 Å². The molecule has 0 heterocycles. The summed E-state index contributed by atoms with van der Waals surface area (Å²) in [7, 11) is 0. The van der Waals surface area contributed by atoms with E-state index in [1.807, 2.05) is 30.4 Å². The van der Waals surface area contributed by atoms with Crippen LogP contribution in [0.5, 0.6) is 0 Å². The van der Waals surface area contributed by atoms with Crippen LogP contribution in [0.3, 0.4) is 0 Å². The molecule has 0 saturated heterocycles. The van der Waals surface area contributed by atoms with Crippen molar-refractivity contribution < 1.29 is 0 Å². The molecule has 0 nitrogen and oxygen atoms in total. The molecule has 0 heteroatoms. The second-order valence-corrected chi connectivity index (χ2v) is 6.48. The fourth-order valence-electron chi connectivity index (χ4n) is 2.61. The van der Waals surface area contributed by atoms with Gasteiger partial charge in [0.2, 0.25) is 0 Å². The van der Waals surface area contributed by atoms with E-state index in [-0.39, 0.29) is 0 Å². The van der Waals surface area contributed by atoms with Gasteiger partial charge in [-0.05, 0) is 12.8 Å². The monoisotopic (exact) mass is 339 g/mol. The molecule has 139 valence electrons. The van der Waals surface area contributed by atoms with Crippen LogP contribution in [0.1, 0.15) is 84.0 Å². The van der Waals surface area contributed by atoms with Gasteiger partial charge in [-0.1, -0.05) is 145 Å². The third-order valence-electron chi connectivity index (χ3n) is 4.11. The molecule has 0 aromatic rings. The normalized spacial score (nSPS) is 12.7. The number of allylic oxidation sites excluding steroid dienone is 11. The Balaban J connectivity index is 3.33. The summed E-state index contributed by atoms with van der Waals surface area (Å²) in [5.74, 6) is 0. The summed E-state index contributed by atoms with van der Waals surface area (Å²) >= 11 is 0. The van der Waals surface area contributed by atoms with E-state index in [2.05, 4.69) is 31.2 Å². The standard InChI is InChI=1S/C25H39/c1-3-5-7-9-11-13-15-17-19-21-23-25-24-22-20-18-16-14-12-10-8-6-4-2/h1,3,5,7,9,11,13,15,17,19,21,23H,4,6,8,10,12,14,16,18,20,22,24-25H2,2H3/b3-1?,7-5+,11-9+,15-13+,19-17+,23-21+. The van der Waals surface area contributed by atoms with Crippen LogP contribution in [0.2, 0.25) is 0 Å². The van der Waals surface area contributed by atoms with Gasteiger partial charge in [-0.2, -0.15) is 0 Å². The third-order valence-corrected chi connectivity index (χ3v) is 4.11. The van der Waals surface area contributed by atoms with Crippen molar-refractivity contribution in [2.45, 2.75) is 84.0 Å². The zero-order valence-corrected chi connectivity index (χ0v) is 16.4. The van der Waals surface area contributed by atoms with Gasteiger partial charge in [0.15, 0.2) is 0 Å². The SMILES string of the molecule is [CH]=C/C=C/C=C/C=C/C=C/C=C/CCCCCCCCCCCCC. The maximum absolute atomic E-state index is 5.23. The molecule has 0 amide bonds. The first kappa shape index (κ1) is 23.4. The fourth-order valence-corrected chi connectivity index (χ4v) is 2.61. The minimum Gasteiger partial charge on any atom is -0.0845 e. The molecule has 0 aliphatic heterocycles. The van der Waals surface area contributed by atoms with Crippen LogP contribution in [0, 0.1) is 6.58 Å². The Hall–Kier alpha value is -1.56. The third kappa shape index (κ3) is 22.4. The smallest absolute Gasteiger partial charge is 0.0348 e. The number of hydrogen-bond acceptors (Lipinski definition) is 0. The Morgan fingerprint density at radius 1 is 0.480 bits per heavy atom. The van der Waals surface area contributed by atoms with Crippen molar-refractivity contribution in [1.82, 2.24) is 0 Å². The van der Waals surface area contributed by atoms with Crippen LogP contribution in [0.4, 0.5) is 0 Å². The van der Waals surface area contributed by atoms with Crippen molar-refractivity contribution in [3.63, 3.8) is 0 Å². The Kier molecular flexibility index (Phi) is 21.0. The molecular formula is C25H39. The van der Waals surface area contributed by atoms with Crippen molar-refractivity contribution in [3.8, 4) is 0 Å². The van der Waals surface area contributed by atoms with E-state index in [0.29, 0.717) is 0 Å². The summed E-state index contributed by atoms with van der Waals surface area (Å²) in [5.41, 5.74) is 0. The lowest BCUT2D eigenvalue weighted by Gasteiger charge is -2.01. The van der Waals surface area contributed by atoms with E-state index in [4.69, 9.17) is 6.58 Å². The van der Waals surface area contributed by atoms with Gasteiger partial charge >= 0.3 is 0 Å². The quantitative estimate of drug-likeness (QED) is 0.184. The molecule has 0 aromatic heterocycles. The lowest BCUT2D eigenvalue weighted by Crippen LogP contribution is -1.81. The van der Waals surface area contributed by atoms with Gasteiger partial charge < -0.3 is 0 Å². The molecule has 0 saturated carbocycles. The van der Waals surface area contributed by atoms with E-state index in [1.54, 1.807) is 6.08 Å². The lowest BCUT2D eigenvalue weighted by molar-refractivity contribution is 0.550.